The Morgan fingerprint density at radius 1 is 1.19 bits per heavy atom. The highest BCUT2D eigenvalue weighted by atomic mass is 35.5. The van der Waals surface area contributed by atoms with Crippen LogP contribution in [0.15, 0.2) is 41.3 Å². The molecule has 1 fully saturated rings. The fraction of sp³-hybridized carbons (Fsp3) is 0.300. The van der Waals surface area contributed by atoms with Crippen molar-refractivity contribution in [1.82, 2.24) is 4.31 Å². The smallest absolute Gasteiger partial charge is 0.340 e. The van der Waals surface area contributed by atoms with Crippen LogP contribution in [-0.4, -0.2) is 64.6 Å². The second kappa shape index (κ2) is 10.2. The van der Waals surface area contributed by atoms with E-state index in [1.54, 1.807) is 0 Å². The van der Waals surface area contributed by atoms with Crippen molar-refractivity contribution in [3.05, 3.63) is 47.0 Å². The third kappa shape index (κ3) is 5.49. The Labute approximate surface area is 190 Å². The molecule has 1 aliphatic heterocycles. The summed E-state index contributed by atoms with van der Waals surface area (Å²) in [6, 6.07) is 8.51. The number of esters is 1. The Kier molecular flexibility index (Phi) is 7.56. The van der Waals surface area contributed by atoms with Crippen LogP contribution < -0.4 is 15.8 Å². The minimum Gasteiger partial charge on any atom is -0.495 e. The molecule has 10 nitrogen and oxygen atoms in total. The molecular formula is C20H22ClN3O7S. The van der Waals surface area contributed by atoms with E-state index in [0.29, 0.717) is 18.2 Å². The van der Waals surface area contributed by atoms with Crippen LogP contribution in [-0.2, 0) is 24.3 Å². The fourth-order valence-electron chi connectivity index (χ4n) is 2.99. The maximum Gasteiger partial charge on any atom is 0.340 e. The van der Waals surface area contributed by atoms with Crippen molar-refractivity contribution in [3.63, 3.8) is 0 Å². The van der Waals surface area contributed by atoms with Gasteiger partial charge in [-0.05, 0) is 36.4 Å². The number of benzene rings is 2. The van der Waals surface area contributed by atoms with Crippen molar-refractivity contribution in [2.75, 3.05) is 51.1 Å². The lowest BCUT2D eigenvalue weighted by Crippen LogP contribution is -2.40. The fourth-order valence-corrected chi connectivity index (χ4v) is 4.75. The summed E-state index contributed by atoms with van der Waals surface area (Å²) in [7, 11) is -2.51. The van der Waals surface area contributed by atoms with Crippen LogP contribution >= 0.6 is 11.6 Å². The summed E-state index contributed by atoms with van der Waals surface area (Å²) in [5.41, 5.74) is 6.12. The number of hydrogen-bond acceptors (Lipinski definition) is 8. The number of nitrogens with two attached hydrogens (primary N) is 1. The minimum atomic E-state index is -3.87. The van der Waals surface area contributed by atoms with E-state index in [1.807, 2.05) is 0 Å². The number of nitrogens with zero attached hydrogens (tertiary/aromatic N) is 1. The number of carbonyl (C=O) groups is 2. The van der Waals surface area contributed by atoms with E-state index < -0.39 is 28.5 Å². The molecule has 0 radical (unpaired) electrons. The molecule has 0 bridgehead atoms. The summed E-state index contributed by atoms with van der Waals surface area (Å²) < 4.78 is 42.7. The molecule has 2 aromatic carbocycles. The quantitative estimate of drug-likeness (QED) is 0.448. The molecule has 0 saturated carbocycles. The maximum absolute atomic E-state index is 13.0. The molecule has 3 rings (SSSR count). The van der Waals surface area contributed by atoms with Gasteiger partial charge in [-0.3, -0.25) is 4.79 Å². The SMILES string of the molecule is COc1ccc(NC(=O)COC(=O)c2cc(Cl)ccc2N)cc1S(=O)(=O)N1CCOCC1. The van der Waals surface area contributed by atoms with Crippen LogP contribution in [0.3, 0.4) is 0 Å². The molecule has 32 heavy (non-hydrogen) atoms. The first kappa shape index (κ1) is 23.8. The van der Waals surface area contributed by atoms with Gasteiger partial charge in [-0.25, -0.2) is 13.2 Å². The molecule has 2 aromatic rings. The van der Waals surface area contributed by atoms with Gasteiger partial charge in [-0.15, -0.1) is 0 Å². The van der Waals surface area contributed by atoms with E-state index in [-0.39, 0.29) is 40.7 Å². The number of ether oxygens (including phenoxy) is 3. The lowest BCUT2D eigenvalue weighted by atomic mass is 10.2. The van der Waals surface area contributed by atoms with Crippen LogP contribution in [0.4, 0.5) is 11.4 Å². The number of nitrogen functional groups attached to an aromatic ring is 1. The highest BCUT2D eigenvalue weighted by Crippen LogP contribution is 2.30. The summed E-state index contributed by atoms with van der Waals surface area (Å²) in [5, 5.41) is 2.80. The number of halogens is 1. The van der Waals surface area contributed by atoms with Crippen molar-refractivity contribution >= 4 is 44.9 Å². The van der Waals surface area contributed by atoms with Crippen molar-refractivity contribution < 1.29 is 32.2 Å². The first-order valence-electron chi connectivity index (χ1n) is 9.50. The van der Waals surface area contributed by atoms with Crippen LogP contribution in [0, 0.1) is 0 Å². The van der Waals surface area contributed by atoms with E-state index in [0.717, 1.165) is 0 Å². The molecule has 1 saturated heterocycles. The number of nitrogens with one attached hydrogen (secondary N) is 1. The Bertz CT molecular complexity index is 1120. The van der Waals surface area contributed by atoms with E-state index in [9.17, 15) is 18.0 Å². The van der Waals surface area contributed by atoms with Crippen molar-refractivity contribution in [3.8, 4) is 5.75 Å². The third-order valence-electron chi connectivity index (χ3n) is 4.60. The standard InChI is InChI=1S/C20H22ClN3O7S/c1-29-17-5-3-14(11-18(17)32(27,28)24-6-8-30-9-7-24)23-19(25)12-31-20(26)15-10-13(21)2-4-16(15)22/h2-5,10-11H,6-9,12,22H2,1H3,(H,23,25). The largest absolute Gasteiger partial charge is 0.495 e. The predicted octanol–water partition coefficient (Wildman–Crippen LogP) is 1.75. The molecule has 12 heteroatoms. The van der Waals surface area contributed by atoms with Crippen LogP contribution in [0.1, 0.15) is 10.4 Å². The summed E-state index contributed by atoms with van der Waals surface area (Å²) in [6.45, 7) is 0.401. The highest BCUT2D eigenvalue weighted by Gasteiger charge is 2.29. The first-order valence-corrected chi connectivity index (χ1v) is 11.3. The summed E-state index contributed by atoms with van der Waals surface area (Å²) >= 11 is 5.85. The number of amides is 1. The van der Waals surface area contributed by atoms with E-state index in [4.69, 9.17) is 31.5 Å². The van der Waals surface area contributed by atoms with Gasteiger partial charge >= 0.3 is 5.97 Å². The van der Waals surface area contributed by atoms with E-state index in [1.165, 1.54) is 47.8 Å². The number of hydrogen-bond donors (Lipinski definition) is 2. The van der Waals surface area contributed by atoms with Gasteiger partial charge < -0.3 is 25.3 Å². The number of anilines is 2. The molecule has 0 spiro atoms. The van der Waals surface area contributed by atoms with Gasteiger partial charge in [0.15, 0.2) is 6.61 Å². The second-order valence-electron chi connectivity index (χ2n) is 6.74. The molecule has 0 atom stereocenters. The molecule has 0 aromatic heterocycles. The Morgan fingerprint density at radius 3 is 2.59 bits per heavy atom. The predicted molar refractivity (Wildman–Crippen MR) is 117 cm³/mol. The van der Waals surface area contributed by atoms with Crippen LogP contribution in [0.25, 0.3) is 0 Å². The van der Waals surface area contributed by atoms with Gasteiger partial charge in [-0.2, -0.15) is 4.31 Å². The van der Waals surface area contributed by atoms with Crippen molar-refractivity contribution in [2.24, 2.45) is 0 Å². The van der Waals surface area contributed by atoms with E-state index in [2.05, 4.69) is 5.32 Å². The summed E-state index contributed by atoms with van der Waals surface area (Å²) in [6.07, 6.45) is 0. The summed E-state index contributed by atoms with van der Waals surface area (Å²) in [4.78, 5) is 24.3. The lowest BCUT2D eigenvalue weighted by Gasteiger charge is -2.26. The molecule has 0 unspecified atom stereocenters. The van der Waals surface area contributed by atoms with Crippen LogP contribution in [0.5, 0.6) is 5.75 Å². The number of rotatable bonds is 7. The molecule has 0 aliphatic carbocycles. The highest BCUT2D eigenvalue weighted by molar-refractivity contribution is 7.89. The average molecular weight is 484 g/mol. The molecule has 172 valence electrons. The molecule has 1 aliphatic rings. The number of morpholine rings is 1. The Morgan fingerprint density at radius 2 is 1.91 bits per heavy atom. The van der Waals surface area contributed by atoms with Gasteiger partial charge in [0.1, 0.15) is 10.6 Å². The maximum atomic E-state index is 13.0. The molecular weight excluding hydrogens is 462 g/mol. The Balaban J connectivity index is 1.70. The van der Waals surface area contributed by atoms with Gasteiger partial charge in [0.2, 0.25) is 10.0 Å². The summed E-state index contributed by atoms with van der Waals surface area (Å²) in [5.74, 6) is -1.35. The zero-order valence-electron chi connectivity index (χ0n) is 17.2. The number of sulfonamides is 1. The average Bonchev–Trinajstić information content (AvgIpc) is 2.79. The Hall–Kier alpha value is -2.86. The zero-order valence-corrected chi connectivity index (χ0v) is 18.7. The van der Waals surface area contributed by atoms with Crippen LogP contribution in [0.2, 0.25) is 5.02 Å². The van der Waals surface area contributed by atoms with Gasteiger partial charge in [0, 0.05) is 29.5 Å². The van der Waals surface area contributed by atoms with Gasteiger partial charge in [0.05, 0.1) is 25.9 Å². The van der Waals surface area contributed by atoms with Gasteiger partial charge in [0.25, 0.3) is 5.91 Å². The van der Waals surface area contributed by atoms with E-state index >= 15 is 0 Å². The number of carbonyl (C=O) groups excluding carboxylic acids is 2. The topological polar surface area (TPSA) is 137 Å². The van der Waals surface area contributed by atoms with Gasteiger partial charge in [-0.1, -0.05) is 11.6 Å². The third-order valence-corrected chi connectivity index (χ3v) is 6.76. The molecule has 1 amide bonds. The normalized spacial score (nSPS) is 14.6. The second-order valence-corrected chi connectivity index (χ2v) is 9.08. The monoisotopic (exact) mass is 483 g/mol. The minimum absolute atomic E-state index is 0.0358. The lowest BCUT2D eigenvalue weighted by molar-refractivity contribution is -0.119. The van der Waals surface area contributed by atoms with Crippen molar-refractivity contribution in [2.45, 2.75) is 4.90 Å². The zero-order chi connectivity index (χ0) is 23.3. The van der Waals surface area contributed by atoms with Crippen molar-refractivity contribution in [1.29, 1.82) is 0 Å². The molecule has 1 heterocycles. The number of methoxy groups -OCH3 is 1. The first-order chi connectivity index (χ1) is 15.2. The molecule has 3 N–H and O–H groups in total.